The number of nitrogens with zero attached hydrogens (tertiary/aromatic N) is 4. The van der Waals surface area contributed by atoms with Gasteiger partial charge in [0.2, 0.25) is 0 Å². The third-order valence-corrected chi connectivity index (χ3v) is 6.91. The second-order valence-corrected chi connectivity index (χ2v) is 8.90. The molecule has 5 rings (SSSR count). The molecule has 3 aromatic heterocycles. The fraction of sp³-hybridized carbons (Fsp3) is 0.208. The zero-order chi connectivity index (χ0) is 22.2. The van der Waals surface area contributed by atoms with Gasteiger partial charge in [0.15, 0.2) is 10.2 Å². The summed E-state index contributed by atoms with van der Waals surface area (Å²) in [7, 11) is 1.69. The Labute approximate surface area is 196 Å². The molecule has 1 aromatic carbocycles. The van der Waals surface area contributed by atoms with Crippen molar-refractivity contribution in [1.82, 2.24) is 19.9 Å². The number of para-hydroxylation sites is 2. The molecular weight excluding hydrogens is 438 g/mol. The van der Waals surface area contributed by atoms with Crippen LogP contribution in [0, 0.1) is 13.8 Å². The van der Waals surface area contributed by atoms with Crippen molar-refractivity contribution < 1.29 is 4.74 Å². The van der Waals surface area contributed by atoms with E-state index in [9.17, 15) is 0 Å². The van der Waals surface area contributed by atoms with E-state index in [-0.39, 0.29) is 12.1 Å². The first-order valence-corrected chi connectivity index (χ1v) is 11.6. The number of thiazole rings is 1. The van der Waals surface area contributed by atoms with E-state index in [0.29, 0.717) is 5.11 Å². The van der Waals surface area contributed by atoms with Gasteiger partial charge < -0.3 is 15.0 Å². The van der Waals surface area contributed by atoms with Gasteiger partial charge >= 0.3 is 0 Å². The van der Waals surface area contributed by atoms with E-state index in [1.165, 1.54) is 5.56 Å². The molecule has 0 bridgehead atoms. The van der Waals surface area contributed by atoms with Crippen LogP contribution in [0.25, 0.3) is 5.13 Å². The number of anilines is 1. The number of thiocarbonyl (C=S) groups is 1. The van der Waals surface area contributed by atoms with Crippen LogP contribution in [-0.2, 0) is 0 Å². The monoisotopic (exact) mass is 461 g/mol. The lowest BCUT2D eigenvalue weighted by molar-refractivity contribution is 0.414. The Bertz CT molecular complexity index is 1250. The topological polar surface area (TPSA) is 55.2 Å². The Kier molecular flexibility index (Phi) is 5.40. The highest BCUT2D eigenvalue weighted by molar-refractivity contribution is 7.80. The summed E-state index contributed by atoms with van der Waals surface area (Å²) in [6.07, 6.45) is 3.66. The predicted molar refractivity (Wildman–Crippen MR) is 132 cm³/mol. The molecule has 4 heterocycles. The van der Waals surface area contributed by atoms with Crippen LogP contribution in [0.5, 0.6) is 5.75 Å². The summed E-state index contributed by atoms with van der Waals surface area (Å²) in [6, 6.07) is 16.0. The van der Waals surface area contributed by atoms with E-state index in [4.69, 9.17) is 17.0 Å². The van der Waals surface area contributed by atoms with Crippen molar-refractivity contribution in [2.24, 2.45) is 0 Å². The number of hydrogen-bond acceptors (Lipinski definition) is 5. The number of aryl methyl sites for hydroxylation is 1. The maximum atomic E-state index is 5.86. The lowest BCUT2D eigenvalue weighted by Crippen LogP contribution is -2.30. The minimum atomic E-state index is -0.112. The van der Waals surface area contributed by atoms with E-state index in [1.807, 2.05) is 60.2 Å². The summed E-state index contributed by atoms with van der Waals surface area (Å²) in [6.45, 7) is 4.25. The van der Waals surface area contributed by atoms with Crippen molar-refractivity contribution in [3.8, 4) is 10.9 Å². The molecule has 0 radical (unpaired) electrons. The second-order valence-electron chi connectivity index (χ2n) is 7.65. The van der Waals surface area contributed by atoms with Crippen LogP contribution in [-0.4, -0.2) is 26.8 Å². The van der Waals surface area contributed by atoms with Gasteiger partial charge in [-0.05, 0) is 62.0 Å². The summed E-state index contributed by atoms with van der Waals surface area (Å²) >= 11 is 7.49. The zero-order valence-corrected chi connectivity index (χ0v) is 19.7. The summed E-state index contributed by atoms with van der Waals surface area (Å²) in [4.78, 5) is 11.3. The highest BCUT2D eigenvalue weighted by Gasteiger charge is 2.43. The molecule has 0 saturated carbocycles. The number of aromatic nitrogens is 3. The van der Waals surface area contributed by atoms with Gasteiger partial charge in [0.05, 0.1) is 30.6 Å². The van der Waals surface area contributed by atoms with Crippen molar-refractivity contribution >= 4 is 34.4 Å². The lowest BCUT2D eigenvalue weighted by Gasteiger charge is -2.29. The average Bonchev–Trinajstić information content (AvgIpc) is 3.52. The highest BCUT2D eigenvalue weighted by Crippen LogP contribution is 2.46. The number of methoxy groups -OCH3 is 1. The molecule has 1 aliphatic rings. The number of hydrogen-bond donors (Lipinski definition) is 1. The summed E-state index contributed by atoms with van der Waals surface area (Å²) < 4.78 is 7.90. The summed E-state index contributed by atoms with van der Waals surface area (Å²) in [5.41, 5.74) is 5.30. The van der Waals surface area contributed by atoms with Gasteiger partial charge in [0.1, 0.15) is 5.75 Å². The van der Waals surface area contributed by atoms with Gasteiger partial charge in [0, 0.05) is 29.2 Å². The molecule has 1 N–H and O–H groups in total. The van der Waals surface area contributed by atoms with Crippen LogP contribution in [0.2, 0.25) is 0 Å². The molecule has 0 amide bonds. The minimum Gasteiger partial charge on any atom is -0.495 e. The third-order valence-electron chi connectivity index (χ3n) is 5.84. The maximum Gasteiger partial charge on any atom is 0.193 e. The molecule has 8 heteroatoms. The van der Waals surface area contributed by atoms with Gasteiger partial charge in [-0.3, -0.25) is 9.55 Å². The molecule has 162 valence electrons. The van der Waals surface area contributed by atoms with Crippen LogP contribution >= 0.6 is 23.6 Å². The van der Waals surface area contributed by atoms with Crippen molar-refractivity contribution in [1.29, 1.82) is 0 Å². The summed E-state index contributed by atoms with van der Waals surface area (Å²) in [5.74, 6) is 0.775. The van der Waals surface area contributed by atoms with Gasteiger partial charge in [-0.1, -0.05) is 18.2 Å². The zero-order valence-electron chi connectivity index (χ0n) is 18.0. The van der Waals surface area contributed by atoms with Crippen molar-refractivity contribution in [2.45, 2.75) is 25.9 Å². The average molecular weight is 462 g/mol. The highest BCUT2D eigenvalue weighted by atomic mass is 32.1. The largest absolute Gasteiger partial charge is 0.495 e. The normalized spacial score (nSPS) is 18.1. The van der Waals surface area contributed by atoms with Gasteiger partial charge in [0.25, 0.3) is 0 Å². The number of benzene rings is 1. The quantitative estimate of drug-likeness (QED) is 0.416. The predicted octanol–water partition coefficient (Wildman–Crippen LogP) is 5.13. The number of nitrogens with one attached hydrogen (secondary N) is 1. The van der Waals surface area contributed by atoms with Crippen LogP contribution in [0.15, 0.2) is 66.3 Å². The van der Waals surface area contributed by atoms with Gasteiger partial charge in [-0.25, -0.2) is 4.98 Å². The standard InChI is InChI=1S/C24H23N5OS2/c1-15-14-17(16(2)28(15)24-26-12-13-32-24)22-21(18-8-6-7-11-25-18)27-23(31)29(22)19-9-4-5-10-20(19)30-3/h4-14,21-22H,1-3H3,(H,27,31)/t21-,22+/m0/s1. The van der Waals surface area contributed by atoms with E-state index in [1.54, 1.807) is 18.4 Å². The van der Waals surface area contributed by atoms with Crippen LogP contribution in [0.3, 0.4) is 0 Å². The Morgan fingerprint density at radius 3 is 2.59 bits per heavy atom. The van der Waals surface area contributed by atoms with Crippen LogP contribution < -0.4 is 15.0 Å². The first-order valence-electron chi connectivity index (χ1n) is 10.3. The van der Waals surface area contributed by atoms with Crippen molar-refractivity contribution in [3.05, 3.63) is 88.9 Å². The van der Waals surface area contributed by atoms with Gasteiger partial charge in [-0.15, -0.1) is 11.3 Å². The molecule has 1 saturated heterocycles. The molecule has 4 aromatic rings. The fourth-order valence-electron chi connectivity index (χ4n) is 4.47. The molecule has 1 fully saturated rings. The molecule has 0 spiro atoms. The number of ether oxygens (including phenoxy) is 1. The minimum absolute atomic E-state index is 0.103. The van der Waals surface area contributed by atoms with Crippen LogP contribution in [0.4, 0.5) is 5.69 Å². The maximum absolute atomic E-state index is 5.86. The molecule has 2 atom stereocenters. The van der Waals surface area contributed by atoms with Crippen molar-refractivity contribution in [3.63, 3.8) is 0 Å². The number of rotatable bonds is 5. The Morgan fingerprint density at radius 2 is 1.88 bits per heavy atom. The SMILES string of the molecule is COc1ccccc1N1C(=S)N[C@@H](c2ccccn2)[C@H]1c1cc(C)n(-c2nccs2)c1C. The van der Waals surface area contributed by atoms with E-state index >= 15 is 0 Å². The fourth-order valence-corrected chi connectivity index (χ4v) is 5.56. The lowest BCUT2D eigenvalue weighted by atomic mass is 9.96. The molecule has 32 heavy (non-hydrogen) atoms. The first-order chi connectivity index (χ1) is 15.6. The van der Waals surface area contributed by atoms with E-state index in [2.05, 4.69) is 44.7 Å². The number of pyridine rings is 1. The first kappa shape index (κ1) is 20.7. The van der Waals surface area contributed by atoms with Crippen molar-refractivity contribution in [2.75, 3.05) is 12.0 Å². The Morgan fingerprint density at radius 1 is 1.06 bits per heavy atom. The molecule has 1 aliphatic heterocycles. The van der Waals surface area contributed by atoms with E-state index < -0.39 is 0 Å². The molecule has 0 unspecified atom stereocenters. The molecular formula is C24H23N5OS2. The Hall–Kier alpha value is -3.23. The molecule has 6 nitrogen and oxygen atoms in total. The van der Waals surface area contributed by atoms with Crippen LogP contribution in [0.1, 0.15) is 34.7 Å². The Balaban J connectivity index is 1.71. The molecule has 0 aliphatic carbocycles. The smallest absolute Gasteiger partial charge is 0.193 e. The third kappa shape index (κ3) is 3.36. The summed E-state index contributed by atoms with van der Waals surface area (Å²) in [5, 5.41) is 7.13. The second kappa shape index (κ2) is 8.37. The van der Waals surface area contributed by atoms with E-state index in [0.717, 1.165) is 33.7 Å². The van der Waals surface area contributed by atoms with Gasteiger partial charge in [-0.2, -0.15) is 0 Å².